The van der Waals surface area contributed by atoms with E-state index < -0.39 is 0 Å². The van der Waals surface area contributed by atoms with Gasteiger partial charge in [0.25, 0.3) is 11.8 Å². The van der Waals surface area contributed by atoms with Crippen molar-refractivity contribution in [2.45, 2.75) is 13.8 Å². The molecule has 0 saturated heterocycles. The van der Waals surface area contributed by atoms with Crippen LogP contribution < -0.4 is 10.1 Å². The quantitative estimate of drug-likeness (QED) is 0.885. The summed E-state index contributed by atoms with van der Waals surface area (Å²) in [5.41, 5.74) is 1.52. The molecular weight excluding hydrogens is 304 g/mol. The predicted octanol–water partition coefficient (Wildman–Crippen LogP) is 3.43. The third-order valence-corrected chi connectivity index (χ3v) is 3.78. The maximum absolute atomic E-state index is 12.5. The van der Waals surface area contributed by atoms with E-state index in [0.29, 0.717) is 35.7 Å². The van der Waals surface area contributed by atoms with Gasteiger partial charge in [0.15, 0.2) is 0 Å². The minimum Gasteiger partial charge on any atom is -0.495 e. The van der Waals surface area contributed by atoms with Crippen molar-refractivity contribution in [3.63, 3.8) is 0 Å². The van der Waals surface area contributed by atoms with E-state index in [0.717, 1.165) is 0 Å². The van der Waals surface area contributed by atoms with Crippen LogP contribution in [0.4, 0.5) is 5.69 Å². The van der Waals surface area contributed by atoms with E-state index in [1.807, 2.05) is 26.0 Å². The first-order valence-corrected chi connectivity index (χ1v) is 7.94. The van der Waals surface area contributed by atoms with Crippen molar-refractivity contribution >= 4 is 17.5 Å². The molecule has 2 aromatic carbocycles. The Kier molecular flexibility index (Phi) is 5.95. The van der Waals surface area contributed by atoms with Crippen LogP contribution >= 0.6 is 0 Å². The Morgan fingerprint density at radius 1 is 1.00 bits per heavy atom. The van der Waals surface area contributed by atoms with Crippen molar-refractivity contribution < 1.29 is 14.3 Å². The van der Waals surface area contributed by atoms with Gasteiger partial charge < -0.3 is 15.0 Å². The highest BCUT2D eigenvalue weighted by molar-refractivity contribution is 6.06. The Morgan fingerprint density at radius 2 is 1.67 bits per heavy atom. The van der Waals surface area contributed by atoms with E-state index in [1.54, 1.807) is 48.4 Å². The summed E-state index contributed by atoms with van der Waals surface area (Å²) in [6, 6.07) is 13.9. The number of nitrogens with one attached hydrogen (secondary N) is 1. The molecule has 5 nitrogen and oxygen atoms in total. The summed E-state index contributed by atoms with van der Waals surface area (Å²) in [6.07, 6.45) is 0. The Bertz CT molecular complexity index is 724. The molecule has 0 aliphatic carbocycles. The van der Waals surface area contributed by atoms with Crippen molar-refractivity contribution in [3.05, 3.63) is 59.7 Å². The van der Waals surface area contributed by atoms with Gasteiger partial charge in [0.05, 0.1) is 12.8 Å². The van der Waals surface area contributed by atoms with Crippen LogP contribution in [0.5, 0.6) is 5.75 Å². The molecule has 1 N–H and O–H groups in total. The van der Waals surface area contributed by atoms with Gasteiger partial charge in [0, 0.05) is 24.2 Å². The number of ether oxygens (including phenoxy) is 1. The lowest BCUT2D eigenvalue weighted by molar-refractivity contribution is 0.0773. The monoisotopic (exact) mass is 326 g/mol. The lowest BCUT2D eigenvalue weighted by Gasteiger charge is -2.18. The molecule has 0 fully saturated rings. The number of methoxy groups -OCH3 is 1. The summed E-state index contributed by atoms with van der Waals surface area (Å²) in [7, 11) is 1.55. The van der Waals surface area contributed by atoms with Gasteiger partial charge in [0.1, 0.15) is 5.75 Å². The van der Waals surface area contributed by atoms with E-state index >= 15 is 0 Å². The molecule has 0 atom stereocenters. The van der Waals surface area contributed by atoms with Crippen LogP contribution in [0.3, 0.4) is 0 Å². The summed E-state index contributed by atoms with van der Waals surface area (Å²) >= 11 is 0. The second-order valence-corrected chi connectivity index (χ2v) is 5.21. The minimum absolute atomic E-state index is 0.0769. The molecule has 0 aliphatic heterocycles. The Labute approximate surface area is 142 Å². The van der Waals surface area contributed by atoms with Crippen LogP contribution in [0.2, 0.25) is 0 Å². The van der Waals surface area contributed by atoms with Gasteiger partial charge in [-0.2, -0.15) is 0 Å². The fourth-order valence-electron chi connectivity index (χ4n) is 2.43. The molecule has 0 unspecified atom stereocenters. The molecule has 0 saturated carbocycles. The van der Waals surface area contributed by atoms with Gasteiger partial charge in [0.2, 0.25) is 0 Å². The Balaban J connectivity index is 2.22. The average Bonchev–Trinajstić information content (AvgIpc) is 2.63. The molecule has 5 heteroatoms. The Morgan fingerprint density at radius 3 is 2.33 bits per heavy atom. The zero-order valence-corrected chi connectivity index (χ0v) is 14.2. The van der Waals surface area contributed by atoms with Crippen LogP contribution in [0.1, 0.15) is 34.6 Å². The first kappa shape index (κ1) is 17.5. The van der Waals surface area contributed by atoms with Gasteiger partial charge in [-0.15, -0.1) is 0 Å². The normalized spacial score (nSPS) is 10.1. The van der Waals surface area contributed by atoms with E-state index in [9.17, 15) is 9.59 Å². The van der Waals surface area contributed by atoms with Crippen molar-refractivity contribution in [2.24, 2.45) is 0 Å². The van der Waals surface area contributed by atoms with Crippen molar-refractivity contribution in [3.8, 4) is 5.75 Å². The number of carbonyl (C=O) groups is 2. The summed E-state index contributed by atoms with van der Waals surface area (Å²) in [4.78, 5) is 26.6. The van der Waals surface area contributed by atoms with Crippen LogP contribution in [0.25, 0.3) is 0 Å². The minimum atomic E-state index is -0.284. The fraction of sp³-hybridized carbons (Fsp3) is 0.263. The maximum Gasteiger partial charge on any atom is 0.255 e. The van der Waals surface area contributed by atoms with Crippen LogP contribution in [0, 0.1) is 0 Å². The van der Waals surface area contributed by atoms with Crippen LogP contribution in [0.15, 0.2) is 48.5 Å². The highest BCUT2D eigenvalue weighted by atomic mass is 16.5. The molecule has 0 aliphatic rings. The molecule has 24 heavy (non-hydrogen) atoms. The second-order valence-electron chi connectivity index (χ2n) is 5.21. The van der Waals surface area contributed by atoms with Gasteiger partial charge in [-0.1, -0.05) is 18.2 Å². The summed E-state index contributed by atoms with van der Waals surface area (Å²) in [6.45, 7) is 5.12. The van der Waals surface area contributed by atoms with Crippen molar-refractivity contribution in [1.82, 2.24) is 4.90 Å². The zero-order chi connectivity index (χ0) is 17.5. The highest BCUT2D eigenvalue weighted by Gasteiger charge is 2.15. The third kappa shape index (κ3) is 3.93. The molecule has 0 aromatic heterocycles. The molecule has 0 bridgehead atoms. The number of amides is 2. The number of hydrogen-bond donors (Lipinski definition) is 1. The van der Waals surface area contributed by atoms with Gasteiger partial charge in [-0.25, -0.2) is 0 Å². The summed E-state index contributed by atoms with van der Waals surface area (Å²) in [5, 5.41) is 2.81. The van der Waals surface area contributed by atoms with Gasteiger partial charge >= 0.3 is 0 Å². The molecular formula is C19H22N2O3. The molecule has 126 valence electrons. The molecule has 2 amide bonds. The molecule has 2 rings (SSSR count). The standard InChI is InChI=1S/C19H22N2O3/c1-4-21(5-2)19(23)15-10-8-9-14(13-15)18(22)20-16-11-6-7-12-17(16)24-3/h6-13H,4-5H2,1-3H3,(H,20,22). The molecule has 2 aromatic rings. The second kappa shape index (κ2) is 8.15. The SMILES string of the molecule is CCN(CC)C(=O)c1cccc(C(=O)Nc2ccccc2OC)c1. The Hall–Kier alpha value is -2.82. The summed E-state index contributed by atoms with van der Waals surface area (Å²) in [5.74, 6) is 0.224. The predicted molar refractivity (Wildman–Crippen MR) is 94.6 cm³/mol. The largest absolute Gasteiger partial charge is 0.495 e. The lowest BCUT2D eigenvalue weighted by Crippen LogP contribution is -2.30. The van der Waals surface area contributed by atoms with Crippen LogP contribution in [-0.2, 0) is 0 Å². The van der Waals surface area contributed by atoms with E-state index in [-0.39, 0.29) is 11.8 Å². The van der Waals surface area contributed by atoms with E-state index in [4.69, 9.17) is 4.74 Å². The third-order valence-electron chi connectivity index (χ3n) is 3.78. The summed E-state index contributed by atoms with van der Waals surface area (Å²) < 4.78 is 5.23. The lowest BCUT2D eigenvalue weighted by atomic mass is 10.1. The topological polar surface area (TPSA) is 58.6 Å². The number of nitrogens with zero attached hydrogens (tertiary/aromatic N) is 1. The van der Waals surface area contributed by atoms with Gasteiger partial charge in [-0.3, -0.25) is 9.59 Å². The number of carbonyl (C=O) groups excluding carboxylic acids is 2. The number of rotatable bonds is 6. The first-order valence-electron chi connectivity index (χ1n) is 7.94. The van der Waals surface area contributed by atoms with Crippen molar-refractivity contribution in [1.29, 1.82) is 0 Å². The van der Waals surface area contributed by atoms with Gasteiger partial charge in [-0.05, 0) is 44.2 Å². The number of anilines is 1. The molecule has 0 spiro atoms. The van der Waals surface area contributed by atoms with E-state index in [2.05, 4.69) is 5.32 Å². The number of benzene rings is 2. The number of hydrogen-bond acceptors (Lipinski definition) is 3. The maximum atomic E-state index is 12.5. The van der Waals surface area contributed by atoms with E-state index in [1.165, 1.54) is 0 Å². The number of para-hydroxylation sites is 2. The smallest absolute Gasteiger partial charge is 0.255 e. The van der Waals surface area contributed by atoms with Crippen molar-refractivity contribution in [2.75, 3.05) is 25.5 Å². The zero-order valence-electron chi connectivity index (χ0n) is 14.2. The highest BCUT2D eigenvalue weighted by Crippen LogP contribution is 2.23. The van der Waals surface area contributed by atoms with Crippen LogP contribution in [-0.4, -0.2) is 36.9 Å². The average molecular weight is 326 g/mol. The molecule has 0 radical (unpaired) electrons. The molecule has 0 heterocycles. The fourth-order valence-corrected chi connectivity index (χ4v) is 2.43. The first-order chi connectivity index (χ1) is 11.6.